The highest BCUT2D eigenvalue weighted by Crippen LogP contribution is 2.13. The van der Waals surface area contributed by atoms with Crippen molar-refractivity contribution in [3.8, 4) is 5.75 Å². The van der Waals surface area contributed by atoms with E-state index in [2.05, 4.69) is 5.32 Å². The summed E-state index contributed by atoms with van der Waals surface area (Å²) in [5.74, 6) is 0.547. The van der Waals surface area contributed by atoms with Gasteiger partial charge in [0.25, 0.3) is 5.91 Å². The maximum atomic E-state index is 12.2. The Kier molecular flexibility index (Phi) is 6.44. The summed E-state index contributed by atoms with van der Waals surface area (Å²) in [6.07, 6.45) is 0.760. The molecule has 0 unspecified atom stereocenters. The Morgan fingerprint density at radius 1 is 1.13 bits per heavy atom. The monoisotopic (exact) mass is 314 g/mol. The van der Waals surface area contributed by atoms with E-state index in [4.69, 9.17) is 15.2 Å². The lowest BCUT2D eigenvalue weighted by atomic mass is 10.1. The molecule has 0 aromatic heterocycles. The van der Waals surface area contributed by atoms with E-state index in [1.165, 1.54) is 0 Å². The van der Waals surface area contributed by atoms with Crippen molar-refractivity contribution in [2.24, 2.45) is 0 Å². The number of rotatable bonds is 8. The molecular formula is C18H22N2O3. The minimum atomic E-state index is -0.113. The molecule has 1 amide bonds. The molecule has 0 atom stereocenters. The van der Waals surface area contributed by atoms with Gasteiger partial charge in [0.05, 0.1) is 6.61 Å². The lowest BCUT2D eigenvalue weighted by Gasteiger charge is -2.08. The van der Waals surface area contributed by atoms with Crippen LogP contribution in [0.2, 0.25) is 0 Å². The summed E-state index contributed by atoms with van der Waals surface area (Å²) in [6.45, 7) is 1.54. The summed E-state index contributed by atoms with van der Waals surface area (Å²) in [7, 11) is 1.62. The summed E-state index contributed by atoms with van der Waals surface area (Å²) in [6, 6.07) is 14.8. The first-order valence-electron chi connectivity index (χ1n) is 7.53. The number of ether oxygens (including phenoxy) is 2. The zero-order valence-corrected chi connectivity index (χ0v) is 13.2. The van der Waals surface area contributed by atoms with Gasteiger partial charge in [0.15, 0.2) is 0 Å². The summed E-state index contributed by atoms with van der Waals surface area (Å²) in [4.78, 5) is 12.2. The van der Waals surface area contributed by atoms with Crippen LogP contribution in [0.15, 0.2) is 48.5 Å². The minimum absolute atomic E-state index is 0.113. The molecule has 2 aromatic carbocycles. The zero-order valence-electron chi connectivity index (χ0n) is 13.2. The first kappa shape index (κ1) is 16.8. The molecule has 0 spiro atoms. The van der Waals surface area contributed by atoms with E-state index in [9.17, 15) is 4.79 Å². The average Bonchev–Trinajstić information content (AvgIpc) is 2.57. The molecule has 5 nitrogen and oxygen atoms in total. The van der Waals surface area contributed by atoms with Crippen molar-refractivity contribution in [2.45, 2.75) is 6.42 Å². The molecule has 0 heterocycles. The highest BCUT2D eigenvalue weighted by atomic mass is 16.5. The third-order valence-electron chi connectivity index (χ3n) is 3.33. The van der Waals surface area contributed by atoms with E-state index in [1.807, 2.05) is 30.3 Å². The van der Waals surface area contributed by atoms with Crippen molar-refractivity contribution in [3.63, 3.8) is 0 Å². The molecule has 2 rings (SSSR count). The van der Waals surface area contributed by atoms with Gasteiger partial charge in [0, 0.05) is 24.9 Å². The molecule has 3 N–H and O–H groups in total. The van der Waals surface area contributed by atoms with Crippen LogP contribution in [-0.4, -0.2) is 32.8 Å². The van der Waals surface area contributed by atoms with Crippen LogP contribution in [0.5, 0.6) is 5.75 Å². The van der Waals surface area contributed by atoms with E-state index in [0.717, 1.165) is 17.7 Å². The number of amides is 1. The van der Waals surface area contributed by atoms with Crippen LogP contribution in [0.3, 0.4) is 0 Å². The maximum Gasteiger partial charge on any atom is 0.251 e. The molecular weight excluding hydrogens is 292 g/mol. The van der Waals surface area contributed by atoms with Gasteiger partial charge in [0.2, 0.25) is 0 Å². The predicted molar refractivity (Wildman–Crippen MR) is 90.7 cm³/mol. The summed E-state index contributed by atoms with van der Waals surface area (Å²) >= 11 is 0. The van der Waals surface area contributed by atoms with Crippen molar-refractivity contribution in [3.05, 3.63) is 59.7 Å². The van der Waals surface area contributed by atoms with Gasteiger partial charge in [-0.05, 0) is 42.3 Å². The standard InChI is InChI=1S/C18H22N2O3/c1-22-11-12-23-17-4-2-3-15(13-17)18(21)20-10-9-14-5-7-16(19)8-6-14/h2-8,13H,9-12,19H2,1H3,(H,20,21). The SMILES string of the molecule is COCCOc1cccc(C(=O)NCCc2ccc(N)cc2)c1. The number of anilines is 1. The number of methoxy groups -OCH3 is 1. The van der Waals surface area contributed by atoms with Gasteiger partial charge in [-0.2, -0.15) is 0 Å². The van der Waals surface area contributed by atoms with E-state index in [-0.39, 0.29) is 5.91 Å². The largest absolute Gasteiger partial charge is 0.491 e. The highest BCUT2D eigenvalue weighted by molar-refractivity contribution is 5.94. The van der Waals surface area contributed by atoms with Crippen LogP contribution in [0.25, 0.3) is 0 Å². The fourth-order valence-corrected chi connectivity index (χ4v) is 2.08. The van der Waals surface area contributed by atoms with Crippen molar-refractivity contribution < 1.29 is 14.3 Å². The van der Waals surface area contributed by atoms with Crippen molar-refractivity contribution in [2.75, 3.05) is 32.6 Å². The fourth-order valence-electron chi connectivity index (χ4n) is 2.08. The third kappa shape index (κ3) is 5.64. The van der Waals surface area contributed by atoms with Crippen LogP contribution in [0.1, 0.15) is 15.9 Å². The fraction of sp³-hybridized carbons (Fsp3) is 0.278. The normalized spacial score (nSPS) is 10.3. The molecule has 0 aliphatic rings. The van der Waals surface area contributed by atoms with Crippen molar-refractivity contribution in [1.82, 2.24) is 5.32 Å². The van der Waals surface area contributed by atoms with Gasteiger partial charge in [0.1, 0.15) is 12.4 Å². The molecule has 0 saturated heterocycles. The highest BCUT2D eigenvalue weighted by Gasteiger charge is 2.06. The number of nitrogens with two attached hydrogens (primary N) is 1. The van der Waals surface area contributed by atoms with Gasteiger partial charge in [-0.1, -0.05) is 18.2 Å². The number of benzene rings is 2. The Bertz CT molecular complexity index is 626. The second-order valence-electron chi connectivity index (χ2n) is 5.12. The number of carbonyl (C=O) groups excluding carboxylic acids is 1. The molecule has 0 aliphatic heterocycles. The number of hydrogen-bond donors (Lipinski definition) is 2. The predicted octanol–water partition coefficient (Wildman–Crippen LogP) is 2.27. The summed E-state index contributed by atoms with van der Waals surface area (Å²) in [5, 5.41) is 2.91. The number of nitrogen functional groups attached to an aromatic ring is 1. The first-order valence-corrected chi connectivity index (χ1v) is 7.53. The molecule has 122 valence electrons. The topological polar surface area (TPSA) is 73.6 Å². The summed E-state index contributed by atoms with van der Waals surface area (Å²) in [5.41, 5.74) is 8.10. The van der Waals surface area contributed by atoms with E-state index < -0.39 is 0 Å². The molecule has 5 heteroatoms. The smallest absolute Gasteiger partial charge is 0.251 e. The molecule has 23 heavy (non-hydrogen) atoms. The van der Waals surface area contributed by atoms with Crippen LogP contribution >= 0.6 is 0 Å². The Labute approximate surface area is 136 Å². The Morgan fingerprint density at radius 2 is 1.91 bits per heavy atom. The first-order chi connectivity index (χ1) is 11.2. The molecule has 0 saturated carbocycles. The lowest BCUT2D eigenvalue weighted by molar-refractivity contribution is 0.0953. The van der Waals surface area contributed by atoms with Gasteiger partial charge < -0.3 is 20.5 Å². The molecule has 0 fully saturated rings. The third-order valence-corrected chi connectivity index (χ3v) is 3.33. The van der Waals surface area contributed by atoms with Gasteiger partial charge >= 0.3 is 0 Å². The molecule has 0 bridgehead atoms. The van der Waals surface area contributed by atoms with Gasteiger partial charge in [-0.15, -0.1) is 0 Å². The Morgan fingerprint density at radius 3 is 2.65 bits per heavy atom. The molecule has 2 aromatic rings. The van der Waals surface area contributed by atoms with Crippen LogP contribution < -0.4 is 15.8 Å². The second kappa shape index (κ2) is 8.80. The Balaban J connectivity index is 1.82. The molecule has 0 radical (unpaired) electrons. The Hall–Kier alpha value is -2.53. The summed E-state index contributed by atoms with van der Waals surface area (Å²) < 4.78 is 10.4. The van der Waals surface area contributed by atoms with E-state index >= 15 is 0 Å². The van der Waals surface area contributed by atoms with Crippen molar-refractivity contribution in [1.29, 1.82) is 0 Å². The van der Waals surface area contributed by atoms with Crippen LogP contribution in [-0.2, 0) is 11.2 Å². The lowest BCUT2D eigenvalue weighted by Crippen LogP contribution is -2.25. The second-order valence-corrected chi connectivity index (χ2v) is 5.12. The maximum absolute atomic E-state index is 12.2. The average molecular weight is 314 g/mol. The number of carbonyl (C=O) groups is 1. The van der Waals surface area contributed by atoms with Crippen LogP contribution in [0.4, 0.5) is 5.69 Å². The van der Waals surface area contributed by atoms with E-state index in [1.54, 1.807) is 25.3 Å². The molecule has 0 aliphatic carbocycles. The van der Waals surface area contributed by atoms with Crippen molar-refractivity contribution >= 4 is 11.6 Å². The minimum Gasteiger partial charge on any atom is -0.491 e. The number of nitrogens with one attached hydrogen (secondary N) is 1. The zero-order chi connectivity index (χ0) is 16.5. The van der Waals surface area contributed by atoms with Crippen LogP contribution in [0, 0.1) is 0 Å². The van der Waals surface area contributed by atoms with Gasteiger partial charge in [-0.3, -0.25) is 4.79 Å². The van der Waals surface area contributed by atoms with E-state index in [0.29, 0.717) is 31.1 Å². The number of hydrogen-bond acceptors (Lipinski definition) is 4. The van der Waals surface area contributed by atoms with Gasteiger partial charge in [-0.25, -0.2) is 0 Å². The quantitative estimate of drug-likeness (QED) is 0.579.